The molecule has 0 saturated heterocycles. The second kappa shape index (κ2) is 6.34. The number of amides is 1. The van der Waals surface area contributed by atoms with Crippen LogP contribution in [0, 0.1) is 6.92 Å². The molecule has 1 aromatic heterocycles. The van der Waals surface area contributed by atoms with E-state index in [2.05, 4.69) is 10.2 Å². The highest BCUT2D eigenvalue weighted by Gasteiger charge is 2.29. The van der Waals surface area contributed by atoms with Gasteiger partial charge >= 0.3 is 6.09 Å². The molecule has 7 heteroatoms. The van der Waals surface area contributed by atoms with Gasteiger partial charge in [0.05, 0.1) is 7.11 Å². The van der Waals surface area contributed by atoms with E-state index in [-0.39, 0.29) is 28.5 Å². The maximum absolute atomic E-state index is 11.8. The molecule has 1 rings (SSSR count). The molecule has 0 saturated carbocycles. The minimum absolute atomic E-state index is 0.252. The van der Waals surface area contributed by atoms with Crippen molar-refractivity contribution in [2.24, 2.45) is 0 Å². The maximum atomic E-state index is 11.8. The summed E-state index contributed by atoms with van der Waals surface area (Å²) in [6, 6.07) is 0. The van der Waals surface area contributed by atoms with E-state index < -0.39 is 12.0 Å². The highest BCUT2D eigenvalue weighted by atomic mass is 16.5. The standard InChI is InChI=1S/C14H18N2O5/c1-7-12(8(2)17)11(13(9(3)18)10(4)19)6-16(7)15-14(20)21-5/h6,13H,1-5H3,(H,15,20). The van der Waals surface area contributed by atoms with Crippen molar-refractivity contribution in [3.8, 4) is 0 Å². The number of nitrogens with one attached hydrogen (secondary N) is 1. The number of ketones is 3. The Morgan fingerprint density at radius 1 is 1.14 bits per heavy atom. The van der Waals surface area contributed by atoms with Crippen molar-refractivity contribution in [3.63, 3.8) is 0 Å². The van der Waals surface area contributed by atoms with Crippen LogP contribution in [-0.4, -0.2) is 35.2 Å². The average Bonchev–Trinajstić information content (AvgIpc) is 2.65. The van der Waals surface area contributed by atoms with Crippen LogP contribution >= 0.6 is 0 Å². The quantitative estimate of drug-likeness (QED) is 0.657. The zero-order valence-corrected chi connectivity index (χ0v) is 12.6. The Bertz CT molecular complexity index is 601. The fraction of sp³-hybridized carbons (Fsp3) is 0.429. The van der Waals surface area contributed by atoms with Gasteiger partial charge in [-0.05, 0) is 27.7 Å². The number of carbonyl (C=O) groups excluding carboxylic acids is 4. The Hall–Kier alpha value is -2.44. The van der Waals surface area contributed by atoms with Gasteiger partial charge in [0, 0.05) is 23.0 Å². The Balaban J connectivity index is 3.47. The lowest BCUT2D eigenvalue weighted by molar-refractivity contribution is -0.126. The lowest BCUT2D eigenvalue weighted by Gasteiger charge is -2.10. The summed E-state index contributed by atoms with van der Waals surface area (Å²) in [6.07, 6.45) is 0.674. The Labute approximate surface area is 122 Å². The molecular weight excluding hydrogens is 276 g/mol. The molecule has 0 aromatic carbocycles. The van der Waals surface area contributed by atoms with Crippen molar-refractivity contribution in [2.75, 3.05) is 12.5 Å². The summed E-state index contributed by atoms with van der Waals surface area (Å²) in [5.41, 5.74) is 3.36. The number of carbonyl (C=O) groups is 4. The van der Waals surface area contributed by atoms with Crippen LogP contribution in [0.25, 0.3) is 0 Å². The molecule has 114 valence electrons. The SMILES string of the molecule is COC(=O)Nn1cc(C(C(C)=O)C(C)=O)c(C(C)=O)c1C. The van der Waals surface area contributed by atoms with Crippen LogP contribution < -0.4 is 5.43 Å². The van der Waals surface area contributed by atoms with E-state index in [0.29, 0.717) is 5.69 Å². The number of ether oxygens (including phenoxy) is 1. The minimum atomic E-state index is -1.02. The topological polar surface area (TPSA) is 94.5 Å². The fourth-order valence-corrected chi connectivity index (χ4v) is 2.29. The third kappa shape index (κ3) is 3.36. The molecule has 0 spiro atoms. The average molecular weight is 294 g/mol. The first-order valence-electron chi connectivity index (χ1n) is 6.29. The van der Waals surface area contributed by atoms with Gasteiger partial charge in [-0.15, -0.1) is 0 Å². The van der Waals surface area contributed by atoms with Crippen molar-refractivity contribution >= 4 is 23.4 Å². The largest absolute Gasteiger partial charge is 0.452 e. The predicted octanol–water partition coefficient (Wildman–Crippen LogP) is 1.57. The van der Waals surface area contributed by atoms with Crippen LogP contribution in [0.5, 0.6) is 0 Å². The number of aromatic nitrogens is 1. The normalized spacial score (nSPS) is 10.4. The molecule has 0 aliphatic heterocycles. The van der Waals surface area contributed by atoms with Gasteiger partial charge in [0.1, 0.15) is 17.5 Å². The summed E-state index contributed by atoms with van der Waals surface area (Å²) in [7, 11) is 1.20. The number of hydrogen-bond donors (Lipinski definition) is 1. The lowest BCUT2D eigenvalue weighted by atomic mass is 9.89. The Morgan fingerprint density at radius 2 is 1.67 bits per heavy atom. The first-order valence-corrected chi connectivity index (χ1v) is 6.29. The zero-order chi connectivity index (χ0) is 16.3. The first kappa shape index (κ1) is 16.6. The summed E-state index contributed by atoms with van der Waals surface area (Å²) >= 11 is 0. The number of hydrogen-bond acceptors (Lipinski definition) is 5. The summed E-state index contributed by atoms with van der Waals surface area (Å²) in [6.45, 7) is 5.52. The number of rotatable bonds is 5. The van der Waals surface area contributed by atoms with Gasteiger partial charge < -0.3 is 4.74 Å². The second-order valence-corrected chi connectivity index (χ2v) is 4.73. The maximum Gasteiger partial charge on any atom is 0.426 e. The van der Waals surface area contributed by atoms with Crippen molar-refractivity contribution in [1.82, 2.24) is 4.68 Å². The van der Waals surface area contributed by atoms with Crippen LogP contribution in [0.15, 0.2) is 6.20 Å². The van der Waals surface area contributed by atoms with Gasteiger partial charge in [0.2, 0.25) is 0 Å². The van der Waals surface area contributed by atoms with Crippen LogP contribution in [0.1, 0.15) is 48.3 Å². The third-order valence-corrected chi connectivity index (χ3v) is 3.15. The van der Waals surface area contributed by atoms with Gasteiger partial charge in [0.15, 0.2) is 5.78 Å². The summed E-state index contributed by atoms with van der Waals surface area (Å²) < 4.78 is 5.76. The molecule has 7 nitrogen and oxygen atoms in total. The van der Waals surface area contributed by atoms with E-state index >= 15 is 0 Å². The molecule has 1 heterocycles. The molecule has 21 heavy (non-hydrogen) atoms. The monoisotopic (exact) mass is 294 g/mol. The van der Waals surface area contributed by atoms with E-state index in [9.17, 15) is 19.2 Å². The van der Waals surface area contributed by atoms with Gasteiger partial charge in [-0.3, -0.25) is 19.1 Å². The van der Waals surface area contributed by atoms with E-state index in [0.717, 1.165) is 0 Å². The molecule has 0 radical (unpaired) electrons. The van der Waals surface area contributed by atoms with Crippen molar-refractivity contribution < 1.29 is 23.9 Å². The predicted molar refractivity (Wildman–Crippen MR) is 75.0 cm³/mol. The molecule has 0 unspecified atom stereocenters. The molecular formula is C14H18N2O5. The van der Waals surface area contributed by atoms with Crippen molar-refractivity contribution in [2.45, 2.75) is 33.6 Å². The molecule has 0 aliphatic rings. The van der Waals surface area contributed by atoms with Crippen molar-refractivity contribution in [1.29, 1.82) is 0 Å². The smallest absolute Gasteiger partial charge is 0.426 e. The second-order valence-electron chi connectivity index (χ2n) is 4.73. The molecule has 0 bridgehead atoms. The molecule has 0 atom stereocenters. The van der Waals surface area contributed by atoms with Crippen LogP contribution in [-0.2, 0) is 14.3 Å². The fourth-order valence-electron chi connectivity index (χ4n) is 2.29. The number of Topliss-reactive ketones (excluding diaryl/α,β-unsaturated/α-hetero) is 3. The zero-order valence-electron chi connectivity index (χ0n) is 12.6. The van der Waals surface area contributed by atoms with E-state index in [1.165, 1.54) is 38.8 Å². The Kier molecular flexibility index (Phi) is 5.02. The van der Waals surface area contributed by atoms with Gasteiger partial charge in [-0.25, -0.2) is 10.2 Å². The molecule has 1 N–H and O–H groups in total. The summed E-state index contributed by atoms with van der Waals surface area (Å²) in [5, 5.41) is 0. The van der Waals surface area contributed by atoms with E-state index in [1.54, 1.807) is 6.92 Å². The first-order chi connectivity index (χ1) is 9.70. The lowest BCUT2D eigenvalue weighted by Crippen LogP contribution is -2.23. The van der Waals surface area contributed by atoms with Crippen LogP contribution in [0.4, 0.5) is 4.79 Å². The molecule has 1 aromatic rings. The van der Waals surface area contributed by atoms with Gasteiger partial charge in [-0.1, -0.05) is 0 Å². The highest BCUT2D eigenvalue weighted by Crippen LogP contribution is 2.26. The molecule has 0 fully saturated rings. The van der Waals surface area contributed by atoms with Crippen LogP contribution in [0.2, 0.25) is 0 Å². The molecule has 1 amide bonds. The van der Waals surface area contributed by atoms with Crippen LogP contribution in [0.3, 0.4) is 0 Å². The number of methoxy groups -OCH3 is 1. The summed E-state index contributed by atoms with van der Waals surface area (Å²) in [4.78, 5) is 46.5. The minimum Gasteiger partial charge on any atom is -0.452 e. The van der Waals surface area contributed by atoms with Crippen molar-refractivity contribution in [3.05, 3.63) is 23.0 Å². The van der Waals surface area contributed by atoms with E-state index in [1.807, 2.05) is 0 Å². The Morgan fingerprint density at radius 3 is 2.05 bits per heavy atom. The summed E-state index contributed by atoms with van der Waals surface area (Å²) in [5.74, 6) is -2.04. The molecule has 0 aliphatic carbocycles. The third-order valence-electron chi connectivity index (χ3n) is 3.15. The van der Waals surface area contributed by atoms with Gasteiger partial charge in [-0.2, -0.15) is 0 Å². The number of nitrogens with zero attached hydrogens (tertiary/aromatic N) is 1. The highest BCUT2D eigenvalue weighted by molar-refractivity contribution is 6.09. The van der Waals surface area contributed by atoms with E-state index in [4.69, 9.17) is 0 Å². The van der Waals surface area contributed by atoms with Gasteiger partial charge in [0.25, 0.3) is 0 Å².